The number of halogens is 1. The molecule has 3 N–H and O–H groups in total. The largest absolute Gasteiger partial charge is 0.351 e. The Balaban J connectivity index is 2.28. The van der Waals surface area contributed by atoms with Crippen LogP contribution in [0.25, 0.3) is 0 Å². The maximum atomic E-state index is 11.6. The first-order valence-electron chi connectivity index (χ1n) is 6.44. The van der Waals surface area contributed by atoms with Gasteiger partial charge >= 0.3 is 0 Å². The number of hydrogen-bond donors (Lipinski definition) is 2. The Bertz CT molecular complexity index is 442. The van der Waals surface area contributed by atoms with E-state index < -0.39 is 0 Å². The minimum atomic E-state index is -0.141. The molecule has 0 spiro atoms. The van der Waals surface area contributed by atoms with Crippen LogP contribution in [-0.4, -0.2) is 29.1 Å². The zero-order chi connectivity index (χ0) is 13.0. The fourth-order valence-corrected chi connectivity index (χ4v) is 3.01. The van der Waals surface area contributed by atoms with Gasteiger partial charge in [0.05, 0.1) is 6.33 Å². The molecule has 0 bridgehead atoms. The van der Waals surface area contributed by atoms with Crippen molar-refractivity contribution < 1.29 is 0 Å². The Morgan fingerprint density at radius 3 is 2.83 bits per heavy atom. The molecule has 0 saturated heterocycles. The lowest BCUT2D eigenvalue weighted by Gasteiger charge is -2.35. The average Bonchev–Trinajstić information content (AvgIpc) is 2.41. The normalized spacial score (nSPS) is 16.8. The Morgan fingerprint density at radius 1 is 1.44 bits per heavy atom. The van der Waals surface area contributed by atoms with Crippen LogP contribution < -0.4 is 16.2 Å². The van der Waals surface area contributed by atoms with Gasteiger partial charge in [-0.3, -0.25) is 4.79 Å². The van der Waals surface area contributed by atoms with E-state index in [1.807, 2.05) is 0 Å². The van der Waals surface area contributed by atoms with E-state index in [0.29, 0.717) is 17.1 Å². The molecule has 1 aliphatic carbocycles. The molecule has 1 aromatic heterocycles. The van der Waals surface area contributed by atoms with E-state index >= 15 is 0 Å². The van der Waals surface area contributed by atoms with Gasteiger partial charge in [-0.25, -0.2) is 4.98 Å². The van der Waals surface area contributed by atoms with Gasteiger partial charge in [0.15, 0.2) is 5.82 Å². The lowest BCUT2D eigenvalue weighted by atomic mass is 9.94. The van der Waals surface area contributed by atoms with Crippen molar-refractivity contribution >= 4 is 21.7 Å². The summed E-state index contributed by atoms with van der Waals surface area (Å²) < 4.78 is 0.504. The summed E-state index contributed by atoms with van der Waals surface area (Å²) in [6, 6.07) is 0.452. The summed E-state index contributed by atoms with van der Waals surface area (Å²) in [6.07, 6.45) is 7.55. The molecule has 0 radical (unpaired) electrons. The van der Waals surface area contributed by atoms with Crippen molar-refractivity contribution in [3.8, 4) is 0 Å². The molecule has 1 fully saturated rings. The second-order valence-corrected chi connectivity index (χ2v) is 5.44. The third kappa shape index (κ3) is 2.92. The standard InChI is InChI=1S/C12H19BrN4O/c13-10-11(15-8-16-12(10)18)17(7-6-14)9-4-2-1-3-5-9/h8-9H,1-7,14H2,(H,15,16,18). The van der Waals surface area contributed by atoms with E-state index in [2.05, 4.69) is 30.8 Å². The average molecular weight is 315 g/mol. The number of aromatic amines is 1. The van der Waals surface area contributed by atoms with Crippen LogP contribution in [0.2, 0.25) is 0 Å². The molecule has 1 saturated carbocycles. The lowest BCUT2D eigenvalue weighted by Crippen LogP contribution is -2.41. The smallest absolute Gasteiger partial charge is 0.267 e. The topological polar surface area (TPSA) is 75.0 Å². The number of nitrogens with one attached hydrogen (secondary N) is 1. The van der Waals surface area contributed by atoms with Gasteiger partial charge in [0.25, 0.3) is 5.56 Å². The number of rotatable bonds is 4. The van der Waals surface area contributed by atoms with Crippen molar-refractivity contribution in [3.63, 3.8) is 0 Å². The van der Waals surface area contributed by atoms with Gasteiger partial charge in [0.2, 0.25) is 0 Å². The minimum absolute atomic E-state index is 0.141. The van der Waals surface area contributed by atoms with E-state index in [-0.39, 0.29) is 5.56 Å². The molecule has 0 aromatic carbocycles. The maximum absolute atomic E-state index is 11.6. The van der Waals surface area contributed by atoms with Crippen LogP contribution in [0.3, 0.4) is 0 Å². The van der Waals surface area contributed by atoms with Crippen molar-refractivity contribution in [2.75, 3.05) is 18.0 Å². The second-order valence-electron chi connectivity index (χ2n) is 4.64. The van der Waals surface area contributed by atoms with E-state index in [0.717, 1.165) is 25.2 Å². The molecule has 5 nitrogen and oxygen atoms in total. The molecular weight excluding hydrogens is 296 g/mol. The van der Waals surface area contributed by atoms with Gasteiger partial charge in [0.1, 0.15) is 4.47 Å². The monoisotopic (exact) mass is 314 g/mol. The summed E-state index contributed by atoms with van der Waals surface area (Å²) in [4.78, 5) is 20.7. The van der Waals surface area contributed by atoms with Crippen molar-refractivity contribution in [1.29, 1.82) is 0 Å². The zero-order valence-electron chi connectivity index (χ0n) is 10.4. The molecule has 2 rings (SSSR count). The first-order chi connectivity index (χ1) is 8.74. The Hall–Kier alpha value is -0.880. The highest BCUT2D eigenvalue weighted by atomic mass is 79.9. The van der Waals surface area contributed by atoms with Crippen molar-refractivity contribution in [2.24, 2.45) is 5.73 Å². The fourth-order valence-electron chi connectivity index (χ4n) is 2.57. The molecule has 0 unspecified atom stereocenters. The Kier molecular flexibility index (Phi) is 4.77. The summed E-state index contributed by atoms with van der Waals surface area (Å²) in [5.41, 5.74) is 5.55. The van der Waals surface area contributed by atoms with Crippen LogP contribution in [-0.2, 0) is 0 Å². The maximum Gasteiger partial charge on any atom is 0.267 e. The summed E-state index contributed by atoms with van der Waals surface area (Å²) >= 11 is 3.33. The molecule has 0 atom stereocenters. The molecule has 0 aliphatic heterocycles. The summed E-state index contributed by atoms with van der Waals surface area (Å²) in [7, 11) is 0. The van der Waals surface area contributed by atoms with Crippen LogP contribution in [0.5, 0.6) is 0 Å². The third-order valence-electron chi connectivity index (χ3n) is 3.44. The first-order valence-corrected chi connectivity index (χ1v) is 7.23. The van der Waals surface area contributed by atoms with E-state index in [9.17, 15) is 4.79 Å². The summed E-state index contributed by atoms with van der Waals surface area (Å²) in [6.45, 7) is 1.30. The Morgan fingerprint density at radius 2 is 2.17 bits per heavy atom. The van der Waals surface area contributed by atoms with Gasteiger partial charge in [-0.15, -0.1) is 0 Å². The quantitative estimate of drug-likeness (QED) is 0.885. The number of nitrogens with two attached hydrogens (primary N) is 1. The summed E-state index contributed by atoms with van der Waals surface area (Å²) in [5.74, 6) is 0.719. The molecule has 1 aromatic rings. The number of H-pyrrole nitrogens is 1. The predicted octanol–water partition coefficient (Wildman–Crippen LogP) is 1.63. The van der Waals surface area contributed by atoms with Crippen molar-refractivity contribution in [1.82, 2.24) is 9.97 Å². The predicted molar refractivity (Wildman–Crippen MR) is 75.8 cm³/mol. The SMILES string of the molecule is NCCN(c1nc[nH]c(=O)c1Br)C1CCCCC1. The minimum Gasteiger partial charge on any atom is -0.351 e. The molecule has 1 heterocycles. The molecule has 18 heavy (non-hydrogen) atoms. The zero-order valence-corrected chi connectivity index (χ0v) is 11.9. The van der Waals surface area contributed by atoms with E-state index in [4.69, 9.17) is 5.73 Å². The number of anilines is 1. The van der Waals surface area contributed by atoms with Gasteiger partial charge in [-0.1, -0.05) is 19.3 Å². The van der Waals surface area contributed by atoms with Crippen LogP contribution >= 0.6 is 15.9 Å². The fraction of sp³-hybridized carbons (Fsp3) is 0.667. The highest BCUT2D eigenvalue weighted by molar-refractivity contribution is 9.10. The second kappa shape index (κ2) is 6.33. The van der Waals surface area contributed by atoms with Crippen LogP contribution in [0.4, 0.5) is 5.82 Å². The van der Waals surface area contributed by atoms with E-state index in [1.165, 1.54) is 25.6 Å². The first kappa shape index (κ1) is 13.5. The molecule has 100 valence electrons. The number of aromatic nitrogens is 2. The molecule has 6 heteroatoms. The van der Waals surface area contributed by atoms with Gasteiger partial charge in [0, 0.05) is 19.1 Å². The molecule has 1 aliphatic rings. The van der Waals surface area contributed by atoms with E-state index in [1.54, 1.807) is 0 Å². The van der Waals surface area contributed by atoms with Crippen molar-refractivity contribution in [2.45, 2.75) is 38.1 Å². The highest BCUT2D eigenvalue weighted by Gasteiger charge is 2.24. The number of nitrogens with zero attached hydrogens (tertiary/aromatic N) is 2. The van der Waals surface area contributed by atoms with Gasteiger partial charge in [-0.2, -0.15) is 0 Å². The number of hydrogen-bond acceptors (Lipinski definition) is 4. The van der Waals surface area contributed by atoms with Crippen molar-refractivity contribution in [3.05, 3.63) is 21.2 Å². The molecule has 0 amide bonds. The Labute approximate surface area is 115 Å². The molecular formula is C12H19BrN4O. The van der Waals surface area contributed by atoms with Crippen LogP contribution in [0.1, 0.15) is 32.1 Å². The third-order valence-corrected chi connectivity index (χ3v) is 4.15. The van der Waals surface area contributed by atoms with Gasteiger partial charge in [-0.05, 0) is 28.8 Å². The van der Waals surface area contributed by atoms with Gasteiger partial charge < -0.3 is 15.6 Å². The highest BCUT2D eigenvalue weighted by Crippen LogP contribution is 2.28. The van der Waals surface area contributed by atoms with Crippen LogP contribution in [0.15, 0.2) is 15.6 Å². The van der Waals surface area contributed by atoms with Crippen LogP contribution in [0, 0.1) is 0 Å². The lowest BCUT2D eigenvalue weighted by molar-refractivity contribution is 0.413. The summed E-state index contributed by atoms with van der Waals surface area (Å²) in [5, 5.41) is 0.